The Kier molecular flexibility index (Phi) is 5.16. The molecule has 5 heteroatoms. The maximum atomic E-state index is 5.86. The molecule has 1 N–H and O–H groups in total. The predicted molar refractivity (Wildman–Crippen MR) is 79.8 cm³/mol. The molecule has 1 aliphatic rings. The van der Waals surface area contributed by atoms with E-state index in [1.807, 2.05) is 11.8 Å². The van der Waals surface area contributed by atoms with Gasteiger partial charge in [-0.15, -0.1) is 0 Å². The molecule has 0 saturated heterocycles. The first-order valence-corrected chi connectivity index (χ1v) is 7.80. The van der Waals surface area contributed by atoms with Crippen molar-refractivity contribution in [3.8, 4) is 0 Å². The number of hydrogen-bond acceptors (Lipinski definition) is 4. The van der Waals surface area contributed by atoms with Gasteiger partial charge in [0.15, 0.2) is 0 Å². The number of hydrogen-bond donors (Lipinski definition) is 1. The van der Waals surface area contributed by atoms with Gasteiger partial charge in [0.25, 0.3) is 0 Å². The summed E-state index contributed by atoms with van der Waals surface area (Å²) in [4.78, 5) is 4.45. The van der Waals surface area contributed by atoms with Crippen molar-refractivity contribution >= 4 is 0 Å². The molecule has 0 spiro atoms. The molecule has 20 heavy (non-hydrogen) atoms. The van der Waals surface area contributed by atoms with Gasteiger partial charge in [-0.25, -0.2) is 9.67 Å². The van der Waals surface area contributed by atoms with Gasteiger partial charge in [-0.1, -0.05) is 6.92 Å². The van der Waals surface area contributed by atoms with Crippen molar-refractivity contribution < 1.29 is 4.74 Å². The average molecular weight is 280 g/mol. The number of methoxy groups -OCH3 is 1. The van der Waals surface area contributed by atoms with Crippen LogP contribution in [0, 0.1) is 0 Å². The van der Waals surface area contributed by atoms with Crippen molar-refractivity contribution in [1.82, 2.24) is 20.1 Å². The monoisotopic (exact) mass is 280 g/mol. The van der Waals surface area contributed by atoms with Gasteiger partial charge >= 0.3 is 0 Å². The van der Waals surface area contributed by atoms with Crippen LogP contribution in [0.25, 0.3) is 0 Å². The molecule has 0 bridgehead atoms. The molecule has 1 aliphatic carbocycles. The summed E-state index contributed by atoms with van der Waals surface area (Å²) in [6.45, 7) is 7.50. The van der Waals surface area contributed by atoms with Gasteiger partial charge in [-0.05, 0) is 46.1 Å². The maximum Gasteiger partial charge on any atom is 0.138 e. The predicted octanol–water partition coefficient (Wildman–Crippen LogP) is 2.34. The first-order chi connectivity index (χ1) is 9.63. The minimum Gasteiger partial charge on any atom is -0.377 e. The second kappa shape index (κ2) is 6.68. The fourth-order valence-corrected chi connectivity index (χ4v) is 3.02. The van der Waals surface area contributed by atoms with Gasteiger partial charge in [0, 0.05) is 25.6 Å². The van der Waals surface area contributed by atoms with Crippen LogP contribution in [0.2, 0.25) is 0 Å². The average Bonchev–Trinajstić information content (AvgIpc) is 2.83. The zero-order valence-electron chi connectivity index (χ0n) is 13.2. The van der Waals surface area contributed by atoms with Crippen molar-refractivity contribution in [1.29, 1.82) is 0 Å². The standard InChI is InChI=1S/C15H28N4O/c1-5-9-16-13(15(20-4)7-6-8-15)10-14-17-11-18-19(14)12(2)3/h11-13,16H,5-10H2,1-4H3. The van der Waals surface area contributed by atoms with E-state index in [9.17, 15) is 0 Å². The molecular weight excluding hydrogens is 252 g/mol. The number of nitrogens with zero attached hydrogens (tertiary/aromatic N) is 3. The van der Waals surface area contributed by atoms with Gasteiger partial charge in [-0.3, -0.25) is 0 Å². The Labute approximate surface area is 122 Å². The van der Waals surface area contributed by atoms with Crippen LogP contribution >= 0.6 is 0 Å². The van der Waals surface area contributed by atoms with Gasteiger partial charge in [0.1, 0.15) is 12.2 Å². The summed E-state index contributed by atoms with van der Waals surface area (Å²) in [6.07, 6.45) is 7.21. The van der Waals surface area contributed by atoms with Crippen molar-refractivity contribution in [2.45, 2.75) is 70.6 Å². The highest BCUT2D eigenvalue weighted by Gasteiger charge is 2.44. The van der Waals surface area contributed by atoms with Gasteiger partial charge in [0.05, 0.1) is 5.60 Å². The summed E-state index contributed by atoms with van der Waals surface area (Å²) in [5.41, 5.74) is -0.0110. The van der Waals surface area contributed by atoms with Crippen LogP contribution in [-0.4, -0.2) is 40.1 Å². The van der Waals surface area contributed by atoms with Crippen LogP contribution in [0.5, 0.6) is 0 Å². The summed E-state index contributed by atoms with van der Waals surface area (Å²) < 4.78 is 7.88. The summed E-state index contributed by atoms with van der Waals surface area (Å²) in [7, 11) is 1.84. The molecule has 1 atom stereocenters. The van der Waals surface area contributed by atoms with E-state index in [1.165, 1.54) is 6.42 Å². The molecule has 0 aromatic carbocycles. The lowest BCUT2D eigenvalue weighted by Gasteiger charge is -2.47. The van der Waals surface area contributed by atoms with E-state index in [2.05, 4.69) is 36.2 Å². The van der Waals surface area contributed by atoms with Crippen LogP contribution in [0.3, 0.4) is 0 Å². The Morgan fingerprint density at radius 2 is 2.20 bits per heavy atom. The minimum atomic E-state index is -0.0110. The lowest BCUT2D eigenvalue weighted by molar-refractivity contribution is -0.0986. The number of ether oxygens (including phenoxy) is 1. The molecule has 0 aliphatic heterocycles. The summed E-state index contributed by atoms with van der Waals surface area (Å²) in [6, 6.07) is 0.669. The fourth-order valence-electron chi connectivity index (χ4n) is 3.02. The molecule has 114 valence electrons. The Hall–Kier alpha value is -0.940. The van der Waals surface area contributed by atoms with E-state index in [1.54, 1.807) is 6.33 Å². The highest BCUT2D eigenvalue weighted by atomic mass is 16.5. The van der Waals surface area contributed by atoms with Gasteiger partial charge in [0.2, 0.25) is 0 Å². The molecule has 1 unspecified atom stereocenters. The third-order valence-electron chi connectivity index (χ3n) is 4.41. The van der Waals surface area contributed by atoms with Crippen LogP contribution in [0.4, 0.5) is 0 Å². The zero-order valence-corrected chi connectivity index (χ0v) is 13.2. The van der Waals surface area contributed by atoms with E-state index in [0.29, 0.717) is 12.1 Å². The lowest BCUT2D eigenvalue weighted by Crippen LogP contribution is -2.57. The zero-order chi connectivity index (χ0) is 14.6. The fraction of sp³-hybridized carbons (Fsp3) is 0.867. The van der Waals surface area contributed by atoms with Crippen LogP contribution < -0.4 is 5.32 Å². The first-order valence-electron chi connectivity index (χ1n) is 7.80. The van der Waals surface area contributed by atoms with E-state index in [4.69, 9.17) is 4.74 Å². The highest BCUT2D eigenvalue weighted by molar-refractivity contribution is 5.04. The van der Waals surface area contributed by atoms with Gasteiger partial charge in [-0.2, -0.15) is 5.10 Å². The van der Waals surface area contributed by atoms with Crippen LogP contribution in [0.1, 0.15) is 58.3 Å². The van der Waals surface area contributed by atoms with E-state index >= 15 is 0 Å². The molecule has 1 heterocycles. The second-order valence-corrected chi connectivity index (χ2v) is 6.05. The smallest absolute Gasteiger partial charge is 0.138 e. The van der Waals surface area contributed by atoms with E-state index in [0.717, 1.165) is 38.1 Å². The molecule has 0 radical (unpaired) electrons. The number of aromatic nitrogens is 3. The van der Waals surface area contributed by atoms with Crippen molar-refractivity contribution in [2.75, 3.05) is 13.7 Å². The van der Waals surface area contributed by atoms with Crippen molar-refractivity contribution in [3.05, 3.63) is 12.2 Å². The number of nitrogens with one attached hydrogen (secondary N) is 1. The Bertz CT molecular complexity index is 406. The summed E-state index contributed by atoms with van der Waals surface area (Å²) in [5, 5.41) is 8.00. The molecule has 1 saturated carbocycles. The summed E-state index contributed by atoms with van der Waals surface area (Å²) in [5.74, 6) is 1.05. The van der Waals surface area contributed by atoms with Crippen molar-refractivity contribution in [2.24, 2.45) is 0 Å². The largest absolute Gasteiger partial charge is 0.377 e. The van der Waals surface area contributed by atoms with Gasteiger partial charge < -0.3 is 10.1 Å². The summed E-state index contributed by atoms with van der Waals surface area (Å²) >= 11 is 0. The van der Waals surface area contributed by atoms with Crippen LogP contribution in [0.15, 0.2) is 6.33 Å². The molecule has 5 nitrogen and oxygen atoms in total. The molecule has 2 rings (SSSR count). The normalized spacial score (nSPS) is 19.1. The van der Waals surface area contributed by atoms with Crippen molar-refractivity contribution in [3.63, 3.8) is 0 Å². The molecule has 1 fully saturated rings. The Balaban J connectivity index is 2.13. The minimum absolute atomic E-state index is 0.0110. The highest BCUT2D eigenvalue weighted by Crippen LogP contribution is 2.39. The molecule has 0 amide bonds. The van der Waals surface area contributed by atoms with Crippen LogP contribution in [-0.2, 0) is 11.2 Å². The number of rotatable bonds is 8. The quantitative estimate of drug-likeness (QED) is 0.794. The second-order valence-electron chi connectivity index (χ2n) is 6.05. The van der Waals surface area contributed by atoms with E-state index in [-0.39, 0.29) is 5.60 Å². The Morgan fingerprint density at radius 1 is 1.45 bits per heavy atom. The lowest BCUT2D eigenvalue weighted by atomic mass is 9.73. The third-order valence-corrected chi connectivity index (χ3v) is 4.41. The topological polar surface area (TPSA) is 52.0 Å². The SMILES string of the molecule is CCCNC(Cc1ncnn1C(C)C)C1(OC)CCC1. The Morgan fingerprint density at radius 3 is 2.70 bits per heavy atom. The maximum absolute atomic E-state index is 5.86. The molecular formula is C15H28N4O. The van der Waals surface area contributed by atoms with E-state index < -0.39 is 0 Å². The first kappa shape index (κ1) is 15.4. The third kappa shape index (κ3) is 3.04. The molecule has 1 aromatic heterocycles. The molecule has 1 aromatic rings.